The average Bonchev–Trinajstić information content (AvgIpc) is 3.49. The summed E-state index contributed by atoms with van der Waals surface area (Å²) in [5.74, 6) is -1.86. The van der Waals surface area contributed by atoms with E-state index in [0.29, 0.717) is 38.5 Å². The van der Waals surface area contributed by atoms with Crippen molar-refractivity contribution >= 4 is 33.4 Å². The summed E-state index contributed by atoms with van der Waals surface area (Å²) in [6, 6.07) is 0. The third-order valence-corrected chi connectivity index (χ3v) is 11.5. The lowest BCUT2D eigenvalue weighted by Gasteiger charge is -2.20. The molecule has 358 valence electrons. The topological polar surface area (TPSA) is 253 Å². The number of carbonyl (C=O) groups is 3. The van der Waals surface area contributed by atoms with E-state index in [9.17, 15) is 43.7 Å². The van der Waals surface area contributed by atoms with E-state index in [2.05, 4.69) is 59.4 Å². The quantitative estimate of drug-likeness (QED) is 0.0148. The molecule has 16 nitrogen and oxygen atoms in total. The smallest absolute Gasteiger partial charge is 0.462 e. The standard InChI is InChI=1S/C44H76O16P2/c1-3-5-7-8-9-10-11-12-13-14-15-16-17-18-24-28-44(50)60-38(35-59-62(54,55)58-33-37(46)32-57-61(51,52)53)34-56-43(49)27-23-20-19-22-26-39-40(42(48)31-41(39)47)30-29-36(45)25-21-6-4-2/h5,7,9-10,12-13,29-30,36-40,42,45-46,48H,3-4,6,8,11,14-28,31-35H2,1-2H3,(H,54,55)(H2,51,52,53)/b7-5-,10-9-,13-12-,30-29+/t36-,37-,38+,39+,40+,42+/m0/s1. The molecule has 0 aliphatic heterocycles. The van der Waals surface area contributed by atoms with Crippen molar-refractivity contribution in [3.05, 3.63) is 48.6 Å². The predicted molar refractivity (Wildman–Crippen MR) is 235 cm³/mol. The van der Waals surface area contributed by atoms with Gasteiger partial charge >= 0.3 is 27.6 Å². The van der Waals surface area contributed by atoms with Crippen LogP contribution in [0.1, 0.15) is 149 Å². The lowest BCUT2D eigenvalue weighted by molar-refractivity contribution is -0.161. The maximum Gasteiger partial charge on any atom is 0.472 e. The van der Waals surface area contributed by atoms with Gasteiger partial charge in [0.05, 0.1) is 32.0 Å². The molecule has 1 aliphatic carbocycles. The zero-order valence-electron chi connectivity index (χ0n) is 36.9. The van der Waals surface area contributed by atoms with Gasteiger partial charge in [0, 0.05) is 31.1 Å². The van der Waals surface area contributed by atoms with Crippen molar-refractivity contribution in [3.63, 3.8) is 0 Å². The Bertz CT molecular complexity index is 1440. The van der Waals surface area contributed by atoms with Crippen LogP contribution in [0.3, 0.4) is 0 Å². The highest BCUT2D eigenvalue weighted by atomic mass is 31.2. The highest BCUT2D eigenvalue weighted by Gasteiger charge is 2.39. The zero-order valence-corrected chi connectivity index (χ0v) is 38.7. The molecule has 0 bridgehead atoms. The molecule has 0 radical (unpaired) electrons. The summed E-state index contributed by atoms with van der Waals surface area (Å²) in [6.07, 6.45) is 27.2. The van der Waals surface area contributed by atoms with Crippen LogP contribution in [-0.2, 0) is 46.6 Å². The van der Waals surface area contributed by atoms with Crippen molar-refractivity contribution < 1.29 is 76.6 Å². The van der Waals surface area contributed by atoms with Crippen molar-refractivity contribution in [1.82, 2.24) is 0 Å². The molecule has 0 spiro atoms. The summed E-state index contributed by atoms with van der Waals surface area (Å²) in [5, 5.41) is 30.5. The van der Waals surface area contributed by atoms with Gasteiger partial charge in [-0.1, -0.05) is 120 Å². The van der Waals surface area contributed by atoms with E-state index in [0.717, 1.165) is 77.0 Å². The van der Waals surface area contributed by atoms with E-state index in [1.54, 1.807) is 12.2 Å². The summed E-state index contributed by atoms with van der Waals surface area (Å²) < 4.78 is 47.8. The number of Topliss-reactive ketones (excluding diaryl/α,β-unsaturated/α-hetero) is 1. The molecule has 1 saturated carbocycles. The maximum atomic E-state index is 12.7. The largest absolute Gasteiger partial charge is 0.472 e. The number of unbranched alkanes of at least 4 members (excludes halogenated alkanes) is 10. The Morgan fingerprint density at radius 3 is 2.00 bits per heavy atom. The Hall–Kier alpha value is -2.33. The van der Waals surface area contributed by atoms with Gasteiger partial charge in [0.1, 0.15) is 18.5 Å². The van der Waals surface area contributed by atoms with E-state index in [1.807, 2.05) is 0 Å². The van der Waals surface area contributed by atoms with Crippen LogP contribution < -0.4 is 0 Å². The van der Waals surface area contributed by atoms with E-state index >= 15 is 0 Å². The molecule has 0 saturated heterocycles. The molecular formula is C44H76O16P2. The molecule has 0 heterocycles. The molecular weight excluding hydrogens is 846 g/mol. The summed E-state index contributed by atoms with van der Waals surface area (Å²) >= 11 is 0. The number of rotatable bonds is 38. The molecule has 1 rings (SSSR count). The highest BCUT2D eigenvalue weighted by molar-refractivity contribution is 7.47. The number of hydrogen-bond donors (Lipinski definition) is 6. The second kappa shape index (κ2) is 35.0. The van der Waals surface area contributed by atoms with E-state index in [1.165, 1.54) is 0 Å². The Labute approximate surface area is 369 Å². The molecule has 18 heteroatoms. The van der Waals surface area contributed by atoms with Gasteiger partial charge < -0.3 is 39.5 Å². The first kappa shape index (κ1) is 57.7. The number of esters is 2. The fourth-order valence-electron chi connectivity index (χ4n) is 6.67. The molecule has 0 aromatic heterocycles. The predicted octanol–water partition coefficient (Wildman–Crippen LogP) is 8.04. The highest BCUT2D eigenvalue weighted by Crippen LogP contribution is 2.44. The van der Waals surface area contributed by atoms with E-state index in [-0.39, 0.29) is 36.9 Å². The van der Waals surface area contributed by atoms with Gasteiger partial charge in [-0.2, -0.15) is 0 Å². The van der Waals surface area contributed by atoms with Crippen molar-refractivity contribution in [3.8, 4) is 0 Å². The van der Waals surface area contributed by atoms with Crippen LogP contribution in [0.4, 0.5) is 0 Å². The summed E-state index contributed by atoms with van der Waals surface area (Å²) in [6.45, 7) is 1.25. The van der Waals surface area contributed by atoms with Gasteiger partial charge in [0.25, 0.3) is 0 Å². The third-order valence-electron chi connectivity index (χ3n) is 10.1. The fraction of sp³-hybridized carbons (Fsp3) is 0.750. The van der Waals surface area contributed by atoms with Crippen molar-refractivity contribution in [1.29, 1.82) is 0 Å². The lowest BCUT2D eigenvalue weighted by atomic mass is 9.88. The van der Waals surface area contributed by atoms with Gasteiger partial charge in [-0.05, 0) is 57.8 Å². The van der Waals surface area contributed by atoms with Crippen LogP contribution in [0.2, 0.25) is 0 Å². The Balaban J connectivity index is 2.54. The number of phosphoric acid groups is 2. The van der Waals surface area contributed by atoms with Crippen LogP contribution in [0.5, 0.6) is 0 Å². The number of allylic oxidation sites excluding steroid dienone is 6. The van der Waals surface area contributed by atoms with Gasteiger partial charge in [0.2, 0.25) is 0 Å². The van der Waals surface area contributed by atoms with Crippen LogP contribution in [0, 0.1) is 11.8 Å². The molecule has 7 atom stereocenters. The Morgan fingerprint density at radius 2 is 1.32 bits per heavy atom. The van der Waals surface area contributed by atoms with Gasteiger partial charge in [0.15, 0.2) is 6.10 Å². The molecule has 1 fully saturated rings. The summed E-state index contributed by atoms with van der Waals surface area (Å²) in [5.41, 5.74) is 0. The minimum atomic E-state index is -4.90. The Morgan fingerprint density at radius 1 is 0.726 bits per heavy atom. The van der Waals surface area contributed by atoms with Gasteiger partial charge in [-0.3, -0.25) is 28.0 Å². The van der Waals surface area contributed by atoms with Crippen LogP contribution in [-0.4, -0.2) is 98.6 Å². The monoisotopic (exact) mass is 922 g/mol. The van der Waals surface area contributed by atoms with Crippen molar-refractivity contribution in [2.45, 2.75) is 173 Å². The second-order valence-electron chi connectivity index (χ2n) is 15.7. The number of ether oxygens (including phenoxy) is 2. The molecule has 1 unspecified atom stereocenters. The first-order valence-electron chi connectivity index (χ1n) is 22.4. The number of carbonyl (C=O) groups excluding carboxylic acids is 3. The van der Waals surface area contributed by atoms with Crippen LogP contribution >= 0.6 is 15.6 Å². The number of phosphoric ester groups is 2. The number of ketones is 1. The minimum absolute atomic E-state index is 0.00889. The van der Waals surface area contributed by atoms with Crippen LogP contribution in [0.15, 0.2) is 48.6 Å². The maximum absolute atomic E-state index is 12.7. The third kappa shape index (κ3) is 31.5. The second-order valence-corrected chi connectivity index (χ2v) is 18.4. The molecule has 62 heavy (non-hydrogen) atoms. The number of aliphatic hydroxyl groups excluding tert-OH is 3. The average molecular weight is 923 g/mol. The first-order valence-corrected chi connectivity index (χ1v) is 25.5. The first-order chi connectivity index (χ1) is 29.6. The number of hydrogen-bond acceptors (Lipinski definition) is 13. The zero-order chi connectivity index (χ0) is 46.1. The van der Waals surface area contributed by atoms with Gasteiger partial charge in [-0.15, -0.1) is 0 Å². The Kier molecular flexibility index (Phi) is 32.6. The number of aliphatic hydroxyl groups is 3. The molecule has 0 aromatic carbocycles. The molecule has 0 aromatic rings. The van der Waals surface area contributed by atoms with Gasteiger partial charge in [-0.25, -0.2) is 9.13 Å². The molecule has 1 aliphatic rings. The lowest BCUT2D eigenvalue weighted by Crippen LogP contribution is -2.30. The van der Waals surface area contributed by atoms with E-state index < -0.39 is 78.4 Å². The van der Waals surface area contributed by atoms with E-state index in [4.69, 9.17) is 23.8 Å². The van der Waals surface area contributed by atoms with Crippen molar-refractivity contribution in [2.75, 3.05) is 26.4 Å². The summed E-state index contributed by atoms with van der Waals surface area (Å²) in [7, 11) is -9.77. The fourth-order valence-corrected chi connectivity index (χ4v) is 7.83. The minimum Gasteiger partial charge on any atom is -0.462 e. The van der Waals surface area contributed by atoms with Crippen LogP contribution in [0.25, 0.3) is 0 Å². The van der Waals surface area contributed by atoms with Crippen molar-refractivity contribution in [2.24, 2.45) is 11.8 Å². The molecule has 6 N–H and O–H groups in total. The normalized spacial score (nSPS) is 19.8. The SMILES string of the molecule is CC/C=C\C/C=C\C/C=C\CCCCCCCC(=O)O[C@H](COC(=O)CCCCCC[C@H]1C(=O)C[C@@H](O)[C@@H]1/C=C/[C@@H](O)CCCCC)COP(=O)(O)OC[C@@H](O)COP(=O)(O)O. The molecule has 0 amide bonds. The summed E-state index contributed by atoms with van der Waals surface area (Å²) in [4.78, 5) is 65.5.